The van der Waals surface area contributed by atoms with Gasteiger partial charge in [0.25, 0.3) is 0 Å². The number of hydrogen-bond donors (Lipinski definition) is 1. The Morgan fingerprint density at radius 1 is 1.13 bits per heavy atom. The third-order valence-corrected chi connectivity index (χ3v) is 6.58. The number of nitrogens with zero attached hydrogens (tertiary/aromatic N) is 1. The number of amides is 1. The molecular weight excluding hydrogens is 412 g/mol. The van der Waals surface area contributed by atoms with E-state index >= 15 is 0 Å². The van der Waals surface area contributed by atoms with Crippen molar-refractivity contribution in [2.45, 2.75) is 44.0 Å². The van der Waals surface area contributed by atoms with E-state index in [4.69, 9.17) is 4.74 Å². The second-order valence-corrected chi connectivity index (χ2v) is 10.4. The van der Waals surface area contributed by atoms with Crippen LogP contribution in [0, 0.1) is 5.92 Å². The first-order chi connectivity index (χ1) is 14.8. The Morgan fingerprint density at radius 2 is 1.84 bits per heavy atom. The molecule has 0 aromatic heterocycles. The topological polar surface area (TPSA) is 75.7 Å². The van der Waals surface area contributed by atoms with Gasteiger partial charge in [0.2, 0.25) is 5.91 Å². The molecule has 1 saturated heterocycles. The van der Waals surface area contributed by atoms with Gasteiger partial charge in [0.15, 0.2) is 9.84 Å². The second-order valence-electron chi connectivity index (χ2n) is 8.42. The number of carbonyl (C=O) groups excluding carboxylic acids is 1. The Hall–Kier alpha value is -2.38. The monoisotopic (exact) mass is 444 g/mol. The number of sulfone groups is 1. The molecule has 1 atom stereocenters. The third-order valence-electron chi connectivity index (χ3n) is 5.45. The van der Waals surface area contributed by atoms with Crippen LogP contribution in [0.25, 0.3) is 0 Å². The molecule has 7 heteroatoms. The van der Waals surface area contributed by atoms with Crippen LogP contribution in [-0.2, 0) is 21.2 Å². The highest BCUT2D eigenvalue weighted by molar-refractivity contribution is 7.90. The minimum absolute atomic E-state index is 0.0476. The van der Waals surface area contributed by atoms with Crippen LogP contribution >= 0.6 is 0 Å². The fourth-order valence-corrected chi connectivity index (χ4v) is 4.44. The van der Waals surface area contributed by atoms with Gasteiger partial charge in [-0.05, 0) is 73.7 Å². The Balaban J connectivity index is 1.36. The average Bonchev–Trinajstić information content (AvgIpc) is 2.72. The Kier molecular flexibility index (Phi) is 8.09. The van der Waals surface area contributed by atoms with Gasteiger partial charge in [-0.1, -0.05) is 19.1 Å². The van der Waals surface area contributed by atoms with Crippen molar-refractivity contribution in [1.29, 1.82) is 0 Å². The van der Waals surface area contributed by atoms with Gasteiger partial charge in [0, 0.05) is 31.5 Å². The van der Waals surface area contributed by atoms with Gasteiger partial charge in [0.05, 0.1) is 11.5 Å². The molecule has 1 fully saturated rings. The van der Waals surface area contributed by atoms with Crippen LogP contribution in [0.4, 0.5) is 5.69 Å². The maximum absolute atomic E-state index is 12.2. The Labute approximate surface area is 185 Å². The first-order valence-corrected chi connectivity index (χ1v) is 12.7. The summed E-state index contributed by atoms with van der Waals surface area (Å²) in [5.41, 5.74) is 2.07. The van der Waals surface area contributed by atoms with Crippen molar-refractivity contribution in [2.75, 3.05) is 31.3 Å². The molecule has 0 aliphatic carbocycles. The van der Waals surface area contributed by atoms with Gasteiger partial charge in [-0.2, -0.15) is 0 Å². The molecule has 1 unspecified atom stereocenters. The zero-order valence-electron chi connectivity index (χ0n) is 18.3. The number of likely N-dealkylation sites (tertiary alicyclic amines) is 1. The van der Waals surface area contributed by atoms with Crippen LogP contribution in [0.15, 0.2) is 53.4 Å². The van der Waals surface area contributed by atoms with Crippen LogP contribution in [0.3, 0.4) is 0 Å². The van der Waals surface area contributed by atoms with Crippen LogP contribution in [0.2, 0.25) is 0 Å². The van der Waals surface area contributed by atoms with Crippen molar-refractivity contribution in [2.24, 2.45) is 5.92 Å². The molecule has 168 valence electrons. The first-order valence-electron chi connectivity index (χ1n) is 10.8. The first kappa shape index (κ1) is 23.3. The number of anilines is 1. The van der Waals surface area contributed by atoms with Gasteiger partial charge in [-0.25, -0.2) is 8.42 Å². The maximum Gasteiger partial charge on any atom is 0.224 e. The summed E-state index contributed by atoms with van der Waals surface area (Å²) in [6.45, 7) is 5.97. The third kappa shape index (κ3) is 7.67. The molecule has 0 saturated carbocycles. The van der Waals surface area contributed by atoms with Crippen LogP contribution in [0.5, 0.6) is 5.75 Å². The number of piperidine rings is 1. The van der Waals surface area contributed by atoms with E-state index in [1.807, 2.05) is 12.1 Å². The summed E-state index contributed by atoms with van der Waals surface area (Å²) in [5, 5.41) is 2.93. The van der Waals surface area contributed by atoms with Crippen molar-refractivity contribution in [3.8, 4) is 5.75 Å². The van der Waals surface area contributed by atoms with E-state index in [0.717, 1.165) is 31.2 Å². The van der Waals surface area contributed by atoms with E-state index in [1.165, 1.54) is 36.8 Å². The molecular formula is C24H32N2O4S. The molecule has 0 bridgehead atoms. The van der Waals surface area contributed by atoms with E-state index in [9.17, 15) is 13.2 Å². The molecule has 6 nitrogen and oxygen atoms in total. The van der Waals surface area contributed by atoms with Crippen molar-refractivity contribution >= 4 is 21.4 Å². The van der Waals surface area contributed by atoms with Crippen LogP contribution < -0.4 is 10.1 Å². The zero-order valence-corrected chi connectivity index (χ0v) is 19.2. The summed E-state index contributed by atoms with van der Waals surface area (Å²) in [4.78, 5) is 14.9. The number of nitrogens with one attached hydrogen (secondary N) is 1. The normalized spacial score (nSPS) is 17.3. The summed E-state index contributed by atoms with van der Waals surface area (Å²) in [5.74, 6) is 1.31. The lowest BCUT2D eigenvalue weighted by atomic mass is 10.00. The standard InChI is InChI=1S/C24H32N2O4S/c1-19-5-3-15-26(17-19)18-20-7-9-21(10-8-20)25-24(27)6-4-16-30-22-11-13-23(14-12-22)31(2,28)29/h7-14,19H,3-6,15-18H2,1-2H3,(H,25,27). The van der Waals surface area contributed by atoms with Crippen molar-refractivity contribution in [3.05, 3.63) is 54.1 Å². The molecule has 1 aliphatic heterocycles. The number of hydrogen-bond acceptors (Lipinski definition) is 5. The van der Waals surface area contributed by atoms with Gasteiger partial charge < -0.3 is 10.1 Å². The smallest absolute Gasteiger partial charge is 0.224 e. The number of ether oxygens (including phenoxy) is 1. The van der Waals surface area contributed by atoms with Crippen molar-refractivity contribution in [3.63, 3.8) is 0 Å². The largest absolute Gasteiger partial charge is 0.494 e. The summed E-state index contributed by atoms with van der Waals surface area (Å²) in [6, 6.07) is 14.4. The van der Waals surface area contributed by atoms with Gasteiger partial charge in [-0.15, -0.1) is 0 Å². The predicted octanol–water partition coefficient (Wildman–Crippen LogP) is 4.12. The highest BCUT2D eigenvalue weighted by Crippen LogP contribution is 2.19. The Bertz CT molecular complexity index is 956. The lowest BCUT2D eigenvalue weighted by molar-refractivity contribution is -0.116. The summed E-state index contributed by atoms with van der Waals surface area (Å²) in [6.07, 6.45) is 4.69. The molecule has 1 N–H and O–H groups in total. The van der Waals surface area contributed by atoms with E-state index in [-0.39, 0.29) is 10.8 Å². The van der Waals surface area contributed by atoms with Crippen LogP contribution in [0.1, 0.15) is 38.2 Å². The predicted molar refractivity (Wildman–Crippen MR) is 123 cm³/mol. The molecule has 2 aromatic carbocycles. The van der Waals surface area contributed by atoms with E-state index in [1.54, 1.807) is 12.1 Å². The summed E-state index contributed by atoms with van der Waals surface area (Å²) in [7, 11) is -3.21. The molecule has 0 spiro atoms. The minimum atomic E-state index is -3.21. The van der Waals surface area contributed by atoms with Crippen molar-refractivity contribution < 1.29 is 17.9 Å². The SMILES string of the molecule is CC1CCCN(Cc2ccc(NC(=O)CCCOc3ccc(S(C)(=O)=O)cc3)cc2)C1. The minimum Gasteiger partial charge on any atom is -0.494 e. The quantitative estimate of drug-likeness (QED) is 0.589. The van der Waals surface area contributed by atoms with E-state index in [2.05, 4.69) is 29.3 Å². The highest BCUT2D eigenvalue weighted by Gasteiger charge is 2.16. The lowest BCUT2D eigenvalue weighted by Crippen LogP contribution is -2.33. The fraction of sp³-hybridized carbons (Fsp3) is 0.458. The maximum atomic E-state index is 12.2. The Morgan fingerprint density at radius 3 is 2.48 bits per heavy atom. The van der Waals surface area contributed by atoms with Crippen LogP contribution in [-0.4, -0.2) is 45.2 Å². The number of benzene rings is 2. The molecule has 3 rings (SSSR count). The molecule has 0 radical (unpaired) electrons. The molecule has 31 heavy (non-hydrogen) atoms. The number of rotatable bonds is 9. The molecule has 1 aliphatic rings. The summed E-state index contributed by atoms with van der Waals surface area (Å²) < 4.78 is 28.5. The number of carbonyl (C=O) groups is 1. The second kappa shape index (κ2) is 10.8. The van der Waals surface area contributed by atoms with Gasteiger partial charge in [-0.3, -0.25) is 9.69 Å². The molecule has 2 aromatic rings. The van der Waals surface area contributed by atoms with E-state index < -0.39 is 9.84 Å². The highest BCUT2D eigenvalue weighted by atomic mass is 32.2. The molecule has 1 heterocycles. The average molecular weight is 445 g/mol. The zero-order chi connectivity index (χ0) is 22.3. The van der Waals surface area contributed by atoms with Crippen molar-refractivity contribution in [1.82, 2.24) is 4.90 Å². The molecule has 1 amide bonds. The summed E-state index contributed by atoms with van der Waals surface area (Å²) >= 11 is 0. The fourth-order valence-electron chi connectivity index (χ4n) is 3.81. The van der Waals surface area contributed by atoms with Gasteiger partial charge >= 0.3 is 0 Å². The lowest BCUT2D eigenvalue weighted by Gasteiger charge is -2.30. The van der Waals surface area contributed by atoms with Gasteiger partial charge in [0.1, 0.15) is 5.75 Å². The van der Waals surface area contributed by atoms with E-state index in [0.29, 0.717) is 25.2 Å².